The van der Waals surface area contributed by atoms with E-state index in [2.05, 4.69) is 24.4 Å². The number of ether oxygens (including phenoxy) is 1. The third-order valence-corrected chi connectivity index (χ3v) is 6.94. The number of hydrogen-bond donors (Lipinski definition) is 1. The maximum atomic E-state index is 11.8. The summed E-state index contributed by atoms with van der Waals surface area (Å²) < 4.78 is 20.2. The summed E-state index contributed by atoms with van der Waals surface area (Å²) in [6.07, 6.45) is 0. The third kappa shape index (κ3) is 6.00. The highest BCUT2D eigenvalue weighted by atomic mass is 32.2. The lowest BCUT2D eigenvalue weighted by Gasteiger charge is -2.19. The molecular formula is C12H21NO2SSi. The van der Waals surface area contributed by atoms with Gasteiger partial charge < -0.3 is 9.29 Å². The average molecular weight is 271 g/mol. The quantitative estimate of drug-likeness (QED) is 0.639. The van der Waals surface area contributed by atoms with Gasteiger partial charge in [0.2, 0.25) is 0 Å². The van der Waals surface area contributed by atoms with E-state index >= 15 is 0 Å². The molecule has 1 aromatic carbocycles. The molecule has 0 aromatic heterocycles. The molecule has 0 aliphatic heterocycles. The number of hydrogen-bond acceptors (Lipinski definition) is 3. The van der Waals surface area contributed by atoms with Crippen molar-refractivity contribution in [1.29, 1.82) is 0 Å². The standard InChI is InChI=1S/C12H21NO2SSi/c1-5-15-12-8-6-11(7-9-12)13-16(14)10-17(2,3)4/h6-9,13H,5,10H2,1-4H3. The van der Waals surface area contributed by atoms with Gasteiger partial charge in [-0.3, -0.25) is 0 Å². The van der Waals surface area contributed by atoms with Crippen molar-refractivity contribution in [1.82, 2.24) is 0 Å². The summed E-state index contributed by atoms with van der Waals surface area (Å²) >= 11 is -0.980. The fourth-order valence-corrected chi connectivity index (χ4v) is 5.18. The Bertz CT molecular complexity index is 337. The van der Waals surface area contributed by atoms with Crippen LogP contribution in [0, 0.1) is 0 Å². The van der Waals surface area contributed by atoms with Crippen molar-refractivity contribution in [2.45, 2.75) is 26.6 Å². The van der Waals surface area contributed by atoms with Gasteiger partial charge in [0.25, 0.3) is 0 Å². The van der Waals surface area contributed by atoms with Gasteiger partial charge in [-0.15, -0.1) is 0 Å². The zero-order valence-corrected chi connectivity index (χ0v) is 12.8. The second-order valence-corrected chi connectivity index (χ2v) is 12.3. The first-order chi connectivity index (χ1) is 7.90. The lowest BCUT2D eigenvalue weighted by atomic mass is 10.3. The van der Waals surface area contributed by atoms with E-state index in [1.807, 2.05) is 31.2 Å². The Morgan fingerprint density at radius 3 is 2.29 bits per heavy atom. The summed E-state index contributed by atoms with van der Waals surface area (Å²) in [6.45, 7) is 9.25. The Hall–Kier alpha value is -0.653. The molecule has 0 saturated heterocycles. The van der Waals surface area contributed by atoms with E-state index in [1.54, 1.807) is 0 Å². The van der Waals surface area contributed by atoms with Crippen LogP contribution in [0.3, 0.4) is 0 Å². The maximum Gasteiger partial charge on any atom is 0.119 e. The second kappa shape index (κ2) is 6.33. The predicted molar refractivity (Wildman–Crippen MR) is 77.6 cm³/mol. The van der Waals surface area contributed by atoms with Gasteiger partial charge in [-0.05, 0) is 31.2 Å². The molecule has 0 fully saturated rings. The highest BCUT2D eigenvalue weighted by molar-refractivity contribution is 7.94. The molecule has 5 heteroatoms. The van der Waals surface area contributed by atoms with Gasteiger partial charge in [-0.1, -0.05) is 19.6 Å². The fraction of sp³-hybridized carbons (Fsp3) is 0.500. The highest BCUT2D eigenvalue weighted by Crippen LogP contribution is 2.17. The Labute approximate surface area is 108 Å². The lowest BCUT2D eigenvalue weighted by molar-refractivity contribution is 0.340. The van der Waals surface area contributed by atoms with Crippen LogP contribution >= 0.6 is 0 Å². The van der Waals surface area contributed by atoms with E-state index < -0.39 is 19.4 Å². The zero-order valence-electron chi connectivity index (χ0n) is 10.9. The summed E-state index contributed by atoms with van der Waals surface area (Å²) in [5.41, 5.74) is 0.880. The topological polar surface area (TPSA) is 44.3 Å². The lowest BCUT2D eigenvalue weighted by Crippen LogP contribution is -2.35. The zero-order chi connectivity index (χ0) is 12.9. The molecule has 0 radical (unpaired) electrons. The Balaban J connectivity index is 2.51. The molecule has 1 aromatic rings. The summed E-state index contributed by atoms with van der Waals surface area (Å²) in [5.74, 6) is 0.842. The minimum Gasteiger partial charge on any atom is -0.593 e. The van der Waals surface area contributed by atoms with Crippen molar-refractivity contribution in [3.8, 4) is 5.75 Å². The van der Waals surface area contributed by atoms with Gasteiger partial charge >= 0.3 is 0 Å². The molecule has 0 aliphatic rings. The highest BCUT2D eigenvalue weighted by Gasteiger charge is 2.22. The minimum atomic E-state index is -1.29. The average Bonchev–Trinajstić information content (AvgIpc) is 2.18. The van der Waals surface area contributed by atoms with E-state index in [-0.39, 0.29) is 0 Å². The Morgan fingerprint density at radius 2 is 1.82 bits per heavy atom. The van der Waals surface area contributed by atoms with Gasteiger partial charge in [0.15, 0.2) is 0 Å². The molecule has 1 rings (SSSR count). The van der Waals surface area contributed by atoms with Crippen LogP contribution in [-0.4, -0.2) is 24.6 Å². The van der Waals surface area contributed by atoms with Gasteiger partial charge in [0.05, 0.1) is 23.7 Å². The van der Waals surface area contributed by atoms with Crippen LogP contribution in [0.4, 0.5) is 5.69 Å². The summed E-state index contributed by atoms with van der Waals surface area (Å²) in [4.78, 5) is 0. The van der Waals surface area contributed by atoms with Gasteiger partial charge in [0, 0.05) is 0 Å². The van der Waals surface area contributed by atoms with Crippen molar-refractivity contribution >= 4 is 25.1 Å². The van der Waals surface area contributed by atoms with Crippen LogP contribution < -0.4 is 9.46 Å². The molecule has 0 amide bonds. The first-order valence-corrected chi connectivity index (χ1v) is 10.8. The predicted octanol–water partition coefficient (Wildman–Crippen LogP) is 3.04. The molecule has 0 spiro atoms. The minimum absolute atomic E-state index is 0.661. The smallest absolute Gasteiger partial charge is 0.119 e. The molecule has 0 heterocycles. The van der Waals surface area contributed by atoms with E-state index in [1.165, 1.54) is 0 Å². The molecular weight excluding hydrogens is 250 g/mol. The van der Waals surface area contributed by atoms with Crippen molar-refractivity contribution in [3.05, 3.63) is 24.3 Å². The Kier molecular flexibility index (Phi) is 5.36. The normalized spacial score (nSPS) is 13.2. The monoisotopic (exact) mass is 271 g/mol. The third-order valence-electron chi connectivity index (χ3n) is 1.96. The van der Waals surface area contributed by atoms with Crippen molar-refractivity contribution in [2.24, 2.45) is 0 Å². The van der Waals surface area contributed by atoms with Crippen LogP contribution in [0.15, 0.2) is 24.3 Å². The van der Waals surface area contributed by atoms with Gasteiger partial charge in [0.1, 0.15) is 19.2 Å². The van der Waals surface area contributed by atoms with E-state index in [0.29, 0.717) is 6.61 Å². The summed E-state index contributed by atoms with van der Waals surface area (Å²) in [5, 5.41) is 0.764. The SMILES string of the molecule is CCOc1ccc(N[S+]([O-])C[Si](C)(C)C)cc1. The van der Waals surface area contributed by atoms with Crippen LogP contribution in [0.5, 0.6) is 5.75 Å². The number of rotatable bonds is 6. The molecule has 1 N–H and O–H groups in total. The van der Waals surface area contributed by atoms with Crippen molar-refractivity contribution in [3.63, 3.8) is 0 Å². The van der Waals surface area contributed by atoms with Crippen molar-refractivity contribution in [2.75, 3.05) is 16.7 Å². The number of anilines is 1. The molecule has 1 atom stereocenters. The molecule has 0 aliphatic carbocycles. The van der Waals surface area contributed by atoms with Crippen LogP contribution in [0.25, 0.3) is 0 Å². The van der Waals surface area contributed by atoms with Crippen LogP contribution in [-0.2, 0) is 11.4 Å². The van der Waals surface area contributed by atoms with E-state index in [4.69, 9.17) is 4.74 Å². The molecule has 3 nitrogen and oxygen atoms in total. The first-order valence-electron chi connectivity index (χ1n) is 5.78. The number of benzene rings is 1. The summed E-state index contributed by atoms with van der Waals surface area (Å²) in [7, 11) is -1.29. The van der Waals surface area contributed by atoms with Gasteiger partial charge in [-0.25, -0.2) is 4.72 Å². The maximum absolute atomic E-state index is 11.8. The van der Waals surface area contributed by atoms with Crippen molar-refractivity contribution < 1.29 is 9.29 Å². The van der Waals surface area contributed by atoms with E-state index in [9.17, 15) is 4.55 Å². The van der Waals surface area contributed by atoms with Crippen LogP contribution in [0.1, 0.15) is 6.92 Å². The fourth-order valence-electron chi connectivity index (χ4n) is 1.35. The van der Waals surface area contributed by atoms with Crippen LogP contribution in [0.2, 0.25) is 19.6 Å². The molecule has 0 bridgehead atoms. The second-order valence-electron chi connectivity index (χ2n) is 5.11. The first kappa shape index (κ1) is 14.4. The molecule has 1 unspecified atom stereocenters. The summed E-state index contributed by atoms with van der Waals surface area (Å²) in [6, 6.07) is 7.56. The largest absolute Gasteiger partial charge is 0.593 e. The van der Waals surface area contributed by atoms with Gasteiger partial charge in [-0.2, -0.15) is 0 Å². The molecule has 0 saturated carbocycles. The molecule has 17 heavy (non-hydrogen) atoms. The van der Waals surface area contributed by atoms with E-state index in [0.717, 1.165) is 16.8 Å². The Morgan fingerprint density at radius 1 is 1.24 bits per heavy atom. The molecule has 96 valence electrons. The number of nitrogens with one attached hydrogen (secondary N) is 1.